The van der Waals surface area contributed by atoms with E-state index < -0.39 is 23.7 Å². The first-order valence-corrected chi connectivity index (χ1v) is 18.4. The van der Waals surface area contributed by atoms with Gasteiger partial charge in [0.15, 0.2) is 0 Å². The van der Waals surface area contributed by atoms with E-state index in [1.54, 1.807) is 18.2 Å². The summed E-state index contributed by atoms with van der Waals surface area (Å²) in [6, 6.07) is 9.68. The highest BCUT2D eigenvalue weighted by molar-refractivity contribution is 5.98. The Bertz CT molecular complexity index is 1460. The van der Waals surface area contributed by atoms with Crippen molar-refractivity contribution in [1.82, 2.24) is 24.7 Å². The number of hydrogen-bond donors (Lipinski definition) is 1. The highest BCUT2D eigenvalue weighted by atomic mass is 16.6. The molecule has 0 spiro atoms. The second-order valence-electron chi connectivity index (χ2n) is 16.3. The van der Waals surface area contributed by atoms with E-state index in [4.69, 9.17) is 19.2 Å². The first-order valence-electron chi connectivity index (χ1n) is 18.4. The molecule has 0 bridgehead atoms. The molecule has 282 valence electrons. The minimum Gasteiger partial charge on any atom is -0.444 e. The van der Waals surface area contributed by atoms with Crippen LogP contribution in [0.1, 0.15) is 90.0 Å². The van der Waals surface area contributed by atoms with Gasteiger partial charge in [0, 0.05) is 71.0 Å². The van der Waals surface area contributed by atoms with Crippen LogP contribution in [0.5, 0.6) is 0 Å². The number of methoxy groups -OCH3 is 1. The van der Waals surface area contributed by atoms with E-state index in [1.165, 1.54) is 0 Å². The molecule has 1 aromatic heterocycles. The Balaban J connectivity index is 1.64. The third-order valence-electron chi connectivity index (χ3n) is 8.96. The number of aromatic nitrogens is 2. The van der Waals surface area contributed by atoms with Crippen LogP contribution in [-0.4, -0.2) is 120 Å². The van der Waals surface area contributed by atoms with E-state index in [2.05, 4.69) is 36.3 Å². The van der Waals surface area contributed by atoms with Crippen LogP contribution in [0.3, 0.4) is 0 Å². The van der Waals surface area contributed by atoms with Gasteiger partial charge >= 0.3 is 6.09 Å². The molecular weight excluding hydrogens is 648 g/mol. The van der Waals surface area contributed by atoms with E-state index in [-0.39, 0.29) is 42.3 Å². The highest BCUT2D eigenvalue weighted by Crippen LogP contribution is 2.29. The molecule has 2 aliphatic rings. The van der Waals surface area contributed by atoms with Crippen molar-refractivity contribution in [2.24, 2.45) is 11.8 Å². The Kier molecular flexibility index (Phi) is 13.8. The fourth-order valence-corrected chi connectivity index (χ4v) is 6.53. The quantitative estimate of drug-likeness (QED) is 0.288. The Morgan fingerprint density at radius 1 is 1.04 bits per heavy atom. The van der Waals surface area contributed by atoms with Crippen molar-refractivity contribution in [2.75, 3.05) is 64.9 Å². The smallest absolute Gasteiger partial charge is 0.410 e. The first kappa shape index (κ1) is 40.0. The lowest BCUT2D eigenvalue weighted by atomic mass is 9.90. The molecule has 2 saturated heterocycles. The van der Waals surface area contributed by atoms with Crippen LogP contribution in [0.25, 0.3) is 0 Å². The summed E-state index contributed by atoms with van der Waals surface area (Å²) in [6.07, 6.45) is 2.84. The number of morpholine rings is 1. The third kappa shape index (κ3) is 11.6. The second kappa shape index (κ2) is 17.6. The maximum atomic E-state index is 14.7. The number of nitrogens with one attached hydrogen (secondary N) is 1. The molecule has 2 aromatic rings. The molecule has 1 N–H and O–H groups in total. The fraction of sp³-hybridized carbons (Fsp3) is 0.667. The van der Waals surface area contributed by atoms with Gasteiger partial charge in [-0.05, 0) is 45.1 Å². The Hall–Kier alpha value is -3.77. The summed E-state index contributed by atoms with van der Waals surface area (Å²) in [6.45, 7) is 19.1. The zero-order valence-corrected chi connectivity index (χ0v) is 32.2. The van der Waals surface area contributed by atoms with Crippen molar-refractivity contribution in [1.29, 1.82) is 0 Å². The van der Waals surface area contributed by atoms with Crippen LogP contribution in [0.2, 0.25) is 0 Å². The zero-order chi connectivity index (χ0) is 37.3. The van der Waals surface area contributed by atoms with E-state index in [1.807, 2.05) is 69.5 Å². The molecule has 4 rings (SSSR count). The number of rotatable bonds is 12. The largest absolute Gasteiger partial charge is 0.444 e. The minimum absolute atomic E-state index is 0.0371. The van der Waals surface area contributed by atoms with Crippen molar-refractivity contribution >= 4 is 23.7 Å². The van der Waals surface area contributed by atoms with Gasteiger partial charge in [-0.2, -0.15) is 0 Å². The normalized spacial score (nSPS) is 19.9. The maximum absolute atomic E-state index is 14.7. The van der Waals surface area contributed by atoms with Crippen LogP contribution in [0.15, 0.2) is 36.5 Å². The Morgan fingerprint density at radius 3 is 2.41 bits per heavy atom. The number of likely N-dealkylation sites (tertiary alicyclic amines) is 1. The lowest BCUT2D eigenvalue weighted by Gasteiger charge is -2.44. The summed E-state index contributed by atoms with van der Waals surface area (Å²) in [5.41, 5.74) is 0.462. The summed E-state index contributed by atoms with van der Waals surface area (Å²) >= 11 is 0. The summed E-state index contributed by atoms with van der Waals surface area (Å²) < 4.78 is 17.1. The van der Waals surface area contributed by atoms with Gasteiger partial charge in [-0.1, -0.05) is 65.0 Å². The standard InChI is InChI=1S/C39H60N6O6/c1-27(2)23-45(35(47)32-22-41-36(38(3,4)5)42-33(32)40-16-13-18-49-9)30-21-29(24-44(25-30)37(48)51-39(6,7)8)34(46)43-17-19-50-31(26-43)20-28-14-11-10-12-15-28/h10-12,14-15,22,27,29-31H,13,16-21,23-26H2,1-9H3,(H,40,41,42)/t29-,30+,31?/m1/s1. The summed E-state index contributed by atoms with van der Waals surface area (Å²) in [7, 11) is 1.66. The molecule has 12 nitrogen and oxygen atoms in total. The van der Waals surface area contributed by atoms with Crippen LogP contribution >= 0.6 is 0 Å². The summed E-state index contributed by atoms with van der Waals surface area (Å²) in [5, 5.41) is 3.36. The van der Waals surface area contributed by atoms with E-state index >= 15 is 0 Å². The molecular formula is C39H60N6O6. The number of carbonyl (C=O) groups is 3. The SMILES string of the molecule is COCCCNc1nc(C(C)(C)C)ncc1C(=O)N(CC(C)C)[C@H]1C[C@@H](C(=O)N2CCOC(Cc3ccccc3)C2)CN(C(=O)OC(C)(C)C)C1. The molecule has 12 heteroatoms. The molecule has 3 atom stereocenters. The third-order valence-corrected chi connectivity index (χ3v) is 8.96. The molecule has 0 saturated carbocycles. The van der Waals surface area contributed by atoms with Gasteiger partial charge in [0.05, 0.1) is 24.7 Å². The average molecular weight is 709 g/mol. The molecule has 1 unspecified atom stereocenters. The van der Waals surface area contributed by atoms with Crippen molar-refractivity contribution in [3.63, 3.8) is 0 Å². The molecule has 3 amide bonds. The Morgan fingerprint density at radius 2 is 1.76 bits per heavy atom. The van der Waals surface area contributed by atoms with E-state index in [9.17, 15) is 14.4 Å². The van der Waals surface area contributed by atoms with Gasteiger partial charge in [0.1, 0.15) is 22.8 Å². The number of hydrogen-bond acceptors (Lipinski definition) is 9. The van der Waals surface area contributed by atoms with Crippen molar-refractivity contribution in [3.05, 3.63) is 53.5 Å². The first-order chi connectivity index (χ1) is 24.1. The molecule has 0 aliphatic carbocycles. The van der Waals surface area contributed by atoms with Crippen molar-refractivity contribution in [2.45, 2.75) is 97.8 Å². The van der Waals surface area contributed by atoms with Gasteiger partial charge in [0.25, 0.3) is 5.91 Å². The van der Waals surface area contributed by atoms with Gasteiger partial charge in [-0.3, -0.25) is 9.59 Å². The van der Waals surface area contributed by atoms with Gasteiger partial charge < -0.3 is 34.2 Å². The number of ether oxygens (including phenoxy) is 3. The average Bonchev–Trinajstić information content (AvgIpc) is 3.07. The monoisotopic (exact) mass is 708 g/mol. The molecule has 1 aromatic carbocycles. The Labute approximate surface area is 304 Å². The topological polar surface area (TPSA) is 126 Å². The zero-order valence-electron chi connectivity index (χ0n) is 32.2. The molecule has 2 fully saturated rings. The summed E-state index contributed by atoms with van der Waals surface area (Å²) in [4.78, 5) is 57.4. The van der Waals surface area contributed by atoms with E-state index in [0.717, 1.165) is 12.0 Å². The number of anilines is 1. The molecule has 2 aliphatic heterocycles. The van der Waals surface area contributed by atoms with Crippen LogP contribution in [0, 0.1) is 11.8 Å². The number of carbonyl (C=O) groups excluding carboxylic acids is 3. The van der Waals surface area contributed by atoms with Crippen LogP contribution in [0.4, 0.5) is 10.6 Å². The highest BCUT2D eigenvalue weighted by Gasteiger charge is 2.42. The van der Waals surface area contributed by atoms with Gasteiger partial charge in [-0.15, -0.1) is 0 Å². The number of nitrogens with zero attached hydrogens (tertiary/aromatic N) is 5. The molecule has 0 radical (unpaired) electrons. The number of benzene rings is 1. The minimum atomic E-state index is -0.721. The molecule has 3 heterocycles. The number of amides is 3. The van der Waals surface area contributed by atoms with E-state index in [0.29, 0.717) is 69.4 Å². The fourth-order valence-electron chi connectivity index (χ4n) is 6.53. The van der Waals surface area contributed by atoms with Crippen LogP contribution in [-0.2, 0) is 30.8 Å². The second-order valence-corrected chi connectivity index (χ2v) is 16.3. The van der Waals surface area contributed by atoms with Crippen molar-refractivity contribution < 1.29 is 28.6 Å². The lowest BCUT2D eigenvalue weighted by molar-refractivity contribution is -0.145. The number of piperidine rings is 1. The van der Waals surface area contributed by atoms with Crippen LogP contribution < -0.4 is 5.32 Å². The lowest BCUT2D eigenvalue weighted by Crippen LogP contribution is -2.59. The maximum Gasteiger partial charge on any atom is 0.410 e. The van der Waals surface area contributed by atoms with Crippen molar-refractivity contribution in [3.8, 4) is 0 Å². The van der Waals surface area contributed by atoms with Gasteiger partial charge in [0.2, 0.25) is 5.91 Å². The summed E-state index contributed by atoms with van der Waals surface area (Å²) in [5.74, 6) is 0.403. The molecule has 51 heavy (non-hydrogen) atoms. The predicted octanol–water partition coefficient (Wildman–Crippen LogP) is 5.42. The predicted molar refractivity (Wildman–Crippen MR) is 198 cm³/mol. The van der Waals surface area contributed by atoms with Gasteiger partial charge in [-0.25, -0.2) is 14.8 Å².